The van der Waals surface area contributed by atoms with E-state index in [2.05, 4.69) is 12.2 Å². The van der Waals surface area contributed by atoms with Gasteiger partial charge in [0.2, 0.25) is 0 Å². The van der Waals surface area contributed by atoms with Crippen LogP contribution in [0.1, 0.15) is 51.9 Å². The topological polar surface area (TPSA) is 21.3 Å². The Bertz CT molecular complexity index is 189. The molecule has 0 radical (unpaired) electrons. The maximum atomic E-state index is 5.48. The van der Waals surface area contributed by atoms with Gasteiger partial charge in [-0.3, -0.25) is 0 Å². The van der Waals surface area contributed by atoms with Gasteiger partial charge in [0.05, 0.1) is 0 Å². The van der Waals surface area contributed by atoms with E-state index in [-0.39, 0.29) is 0 Å². The van der Waals surface area contributed by atoms with Crippen molar-refractivity contribution in [1.82, 2.24) is 5.32 Å². The summed E-state index contributed by atoms with van der Waals surface area (Å²) < 4.78 is 5.48. The maximum absolute atomic E-state index is 5.48. The minimum atomic E-state index is 0.792. The standard InChI is InChI=1S/C14H27NO/c1-2-15-14-6-4-3-5-13(11-14)12-7-9-16-10-8-12/h12-15H,2-11H2,1H3. The summed E-state index contributed by atoms with van der Waals surface area (Å²) in [5.41, 5.74) is 0. The average Bonchev–Trinajstić information content (AvgIpc) is 2.56. The minimum absolute atomic E-state index is 0.792. The Morgan fingerprint density at radius 1 is 1.00 bits per heavy atom. The molecular formula is C14H27NO. The van der Waals surface area contributed by atoms with Crippen LogP contribution < -0.4 is 5.32 Å². The van der Waals surface area contributed by atoms with Crippen LogP contribution in [0.25, 0.3) is 0 Å². The second-order valence-corrected chi connectivity index (χ2v) is 5.48. The Labute approximate surface area is 100 Å². The number of rotatable bonds is 3. The summed E-state index contributed by atoms with van der Waals surface area (Å²) in [7, 11) is 0. The summed E-state index contributed by atoms with van der Waals surface area (Å²) in [6.45, 7) is 5.37. The predicted octanol–water partition coefficient (Wildman–Crippen LogP) is 2.97. The zero-order chi connectivity index (χ0) is 11.2. The van der Waals surface area contributed by atoms with Crippen LogP contribution in [0.5, 0.6) is 0 Å². The first-order valence-electron chi connectivity index (χ1n) is 7.21. The third-order valence-corrected chi connectivity index (χ3v) is 4.39. The second-order valence-electron chi connectivity index (χ2n) is 5.48. The van der Waals surface area contributed by atoms with Crippen LogP contribution in [0.2, 0.25) is 0 Å². The Hall–Kier alpha value is -0.0800. The molecule has 1 saturated carbocycles. The molecule has 2 heteroatoms. The largest absolute Gasteiger partial charge is 0.381 e. The monoisotopic (exact) mass is 225 g/mol. The van der Waals surface area contributed by atoms with E-state index in [0.29, 0.717) is 0 Å². The van der Waals surface area contributed by atoms with Gasteiger partial charge in [0.25, 0.3) is 0 Å². The van der Waals surface area contributed by atoms with Gasteiger partial charge in [0, 0.05) is 19.3 Å². The van der Waals surface area contributed by atoms with Crippen LogP contribution in [0.15, 0.2) is 0 Å². The van der Waals surface area contributed by atoms with E-state index in [1.54, 1.807) is 0 Å². The molecular weight excluding hydrogens is 198 g/mol. The van der Waals surface area contributed by atoms with E-state index in [1.165, 1.54) is 44.9 Å². The lowest BCUT2D eigenvalue weighted by atomic mass is 9.80. The number of ether oxygens (including phenoxy) is 1. The van der Waals surface area contributed by atoms with Crippen LogP contribution >= 0.6 is 0 Å². The van der Waals surface area contributed by atoms with Gasteiger partial charge in [0.1, 0.15) is 0 Å². The van der Waals surface area contributed by atoms with Gasteiger partial charge < -0.3 is 10.1 Å². The van der Waals surface area contributed by atoms with E-state index in [0.717, 1.165) is 37.6 Å². The lowest BCUT2D eigenvalue weighted by Crippen LogP contribution is -2.32. The number of hydrogen-bond acceptors (Lipinski definition) is 2. The Balaban J connectivity index is 1.86. The van der Waals surface area contributed by atoms with Gasteiger partial charge in [-0.25, -0.2) is 0 Å². The first-order chi connectivity index (χ1) is 7.90. The Morgan fingerprint density at radius 3 is 2.50 bits per heavy atom. The van der Waals surface area contributed by atoms with Crippen molar-refractivity contribution >= 4 is 0 Å². The van der Waals surface area contributed by atoms with Crippen molar-refractivity contribution < 1.29 is 4.74 Å². The van der Waals surface area contributed by atoms with Crippen molar-refractivity contribution in [3.63, 3.8) is 0 Å². The molecule has 2 unspecified atom stereocenters. The zero-order valence-corrected chi connectivity index (χ0v) is 10.7. The van der Waals surface area contributed by atoms with Crippen LogP contribution in [0.4, 0.5) is 0 Å². The number of hydrogen-bond donors (Lipinski definition) is 1. The fraction of sp³-hybridized carbons (Fsp3) is 1.00. The molecule has 1 aliphatic carbocycles. The molecule has 2 aliphatic rings. The highest BCUT2D eigenvalue weighted by Gasteiger charge is 2.27. The van der Waals surface area contributed by atoms with E-state index < -0.39 is 0 Å². The SMILES string of the molecule is CCNC1CCCCC(C2CCOCC2)C1. The van der Waals surface area contributed by atoms with Crippen LogP contribution in [-0.4, -0.2) is 25.8 Å². The third-order valence-electron chi connectivity index (χ3n) is 4.39. The smallest absolute Gasteiger partial charge is 0.0468 e. The number of nitrogens with one attached hydrogen (secondary N) is 1. The van der Waals surface area contributed by atoms with E-state index in [4.69, 9.17) is 4.74 Å². The van der Waals surface area contributed by atoms with Crippen LogP contribution in [0, 0.1) is 11.8 Å². The van der Waals surface area contributed by atoms with Gasteiger partial charge in [-0.1, -0.05) is 26.2 Å². The molecule has 0 amide bonds. The molecule has 2 atom stereocenters. The highest BCUT2D eigenvalue weighted by Crippen LogP contribution is 2.34. The Morgan fingerprint density at radius 2 is 1.75 bits per heavy atom. The Kier molecular flexibility index (Phi) is 5.11. The fourth-order valence-electron chi connectivity index (χ4n) is 3.49. The molecule has 1 aliphatic heterocycles. The summed E-state index contributed by atoms with van der Waals surface area (Å²) in [5.74, 6) is 1.92. The summed E-state index contributed by atoms with van der Waals surface area (Å²) in [6, 6.07) is 0.792. The zero-order valence-electron chi connectivity index (χ0n) is 10.7. The second kappa shape index (κ2) is 6.61. The molecule has 1 N–H and O–H groups in total. The molecule has 0 aromatic carbocycles. The molecule has 1 heterocycles. The van der Waals surface area contributed by atoms with Gasteiger partial charge in [-0.2, -0.15) is 0 Å². The van der Waals surface area contributed by atoms with E-state index >= 15 is 0 Å². The molecule has 16 heavy (non-hydrogen) atoms. The lowest BCUT2D eigenvalue weighted by Gasteiger charge is -2.31. The van der Waals surface area contributed by atoms with Crippen LogP contribution in [0.3, 0.4) is 0 Å². The molecule has 94 valence electrons. The first kappa shape index (κ1) is 12.4. The van der Waals surface area contributed by atoms with Crippen molar-refractivity contribution in [2.45, 2.75) is 57.9 Å². The third kappa shape index (κ3) is 3.46. The van der Waals surface area contributed by atoms with Crippen molar-refractivity contribution in [3.8, 4) is 0 Å². The average molecular weight is 225 g/mol. The maximum Gasteiger partial charge on any atom is 0.0468 e. The van der Waals surface area contributed by atoms with Gasteiger partial charge >= 0.3 is 0 Å². The quantitative estimate of drug-likeness (QED) is 0.746. The molecule has 0 aromatic heterocycles. The molecule has 0 spiro atoms. The molecule has 1 saturated heterocycles. The normalized spacial score (nSPS) is 33.6. The first-order valence-corrected chi connectivity index (χ1v) is 7.21. The van der Waals surface area contributed by atoms with Crippen LogP contribution in [-0.2, 0) is 4.74 Å². The summed E-state index contributed by atoms with van der Waals surface area (Å²) >= 11 is 0. The predicted molar refractivity (Wildman–Crippen MR) is 67.6 cm³/mol. The van der Waals surface area contributed by atoms with Crippen molar-refractivity contribution in [1.29, 1.82) is 0 Å². The van der Waals surface area contributed by atoms with Crippen molar-refractivity contribution in [2.75, 3.05) is 19.8 Å². The molecule has 2 rings (SSSR count). The van der Waals surface area contributed by atoms with Gasteiger partial charge in [-0.05, 0) is 44.1 Å². The molecule has 0 aromatic rings. The van der Waals surface area contributed by atoms with Crippen molar-refractivity contribution in [2.24, 2.45) is 11.8 Å². The molecule has 0 bridgehead atoms. The molecule has 2 fully saturated rings. The highest BCUT2D eigenvalue weighted by molar-refractivity contribution is 4.81. The minimum Gasteiger partial charge on any atom is -0.381 e. The fourth-order valence-corrected chi connectivity index (χ4v) is 3.49. The van der Waals surface area contributed by atoms with E-state index in [1.807, 2.05) is 0 Å². The summed E-state index contributed by atoms with van der Waals surface area (Å²) in [5, 5.41) is 3.66. The lowest BCUT2D eigenvalue weighted by molar-refractivity contribution is 0.0423. The molecule has 2 nitrogen and oxygen atoms in total. The van der Waals surface area contributed by atoms with E-state index in [9.17, 15) is 0 Å². The van der Waals surface area contributed by atoms with Crippen molar-refractivity contribution in [3.05, 3.63) is 0 Å². The summed E-state index contributed by atoms with van der Waals surface area (Å²) in [4.78, 5) is 0. The van der Waals surface area contributed by atoms with Gasteiger partial charge in [-0.15, -0.1) is 0 Å². The highest BCUT2D eigenvalue weighted by atomic mass is 16.5. The van der Waals surface area contributed by atoms with Gasteiger partial charge in [0.15, 0.2) is 0 Å². The summed E-state index contributed by atoms with van der Waals surface area (Å²) in [6.07, 6.45) is 9.77.